The first kappa shape index (κ1) is 23.3. The summed E-state index contributed by atoms with van der Waals surface area (Å²) < 4.78 is 0. The Kier molecular flexibility index (Phi) is 8.39. The molecule has 1 N–H and O–H groups in total. The molecule has 1 aliphatic heterocycles. The molecule has 0 unspecified atom stereocenters. The number of likely N-dealkylation sites (N-methyl/N-ethyl adjacent to an activating group) is 1. The molecule has 1 aliphatic carbocycles. The predicted molar refractivity (Wildman–Crippen MR) is 137 cm³/mol. The summed E-state index contributed by atoms with van der Waals surface area (Å²) in [6.07, 6.45) is 16.0. The maximum Gasteiger partial charge on any atom is 0.130 e. The van der Waals surface area contributed by atoms with Gasteiger partial charge in [-0.1, -0.05) is 38.0 Å². The van der Waals surface area contributed by atoms with Gasteiger partial charge in [-0.3, -0.25) is 9.97 Å². The van der Waals surface area contributed by atoms with E-state index in [4.69, 9.17) is 0 Å². The first-order chi connectivity index (χ1) is 16.2. The van der Waals surface area contributed by atoms with Crippen molar-refractivity contribution in [3.05, 3.63) is 61.8 Å². The molecule has 33 heavy (non-hydrogen) atoms. The molecule has 6 heteroatoms. The van der Waals surface area contributed by atoms with Crippen molar-refractivity contribution in [2.24, 2.45) is 5.92 Å². The molecule has 3 aromatic rings. The molecule has 174 valence electrons. The van der Waals surface area contributed by atoms with Crippen molar-refractivity contribution in [1.29, 1.82) is 0 Å². The molecule has 5 rings (SSSR count). The number of piperazine rings is 1. The second kappa shape index (κ2) is 11.9. The van der Waals surface area contributed by atoms with Gasteiger partial charge in [-0.25, -0.2) is 4.98 Å². The predicted octanol–water partition coefficient (Wildman–Crippen LogP) is 5.06. The van der Waals surface area contributed by atoms with Crippen LogP contribution in [-0.4, -0.2) is 64.5 Å². The smallest absolute Gasteiger partial charge is 0.130 e. The van der Waals surface area contributed by atoms with Crippen LogP contribution < -0.4 is 5.32 Å². The molecule has 6 nitrogen and oxygen atoms in total. The molecule has 0 atom stereocenters. The molecule has 0 radical (unpaired) electrons. The van der Waals surface area contributed by atoms with Crippen LogP contribution in [0.3, 0.4) is 0 Å². The zero-order chi connectivity index (χ0) is 22.9. The van der Waals surface area contributed by atoms with Gasteiger partial charge in [-0.2, -0.15) is 0 Å². The van der Waals surface area contributed by atoms with Gasteiger partial charge in [0.15, 0.2) is 0 Å². The standard InChI is InChI=1S/C15H12N4.C12H24N2/c1-2-17-15-8-13-7-11(3-4-12(13)9-19-15)14-10-16-5-6-18-14;1-13-7-9-14(10-8-13)11-12-5-3-2-4-6-12/h2-10H,1H2,(H,17,19);12H,2-11H2,1H3. The number of rotatable bonds is 5. The van der Waals surface area contributed by atoms with Crippen molar-refractivity contribution < 1.29 is 0 Å². The summed E-state index contributed by atoms with van der Waals surface area (Å²) in [6, 6.07) is 8.12. The molecule has 2 fully saturated rings. The molecule has 2 aromatic heterocycles. The summed E-state index contributed by atoms with van der Waals surface area (Å²) in [5, 5.41) is 5.17. The van der Waals surface area contributed by atoms with Crippen LogP contribution in [0.4, 0.5) is 5.82 Å². The highest BCUT2D eigenvalue weighted by molar-refractivity contribution is 5.87. The molecule has 3 heterocycles. The van der Waals surface area contributed by atoms with Gasteiger partial charge in [0.1, 0.15) is 5.82 Å². The van der Waals surface area contributed by atoms with E-state index < -0.39 is 0 Å². The molecule has 1 saturated heterocycles. The second-order valence-electron chi connectivity index (χ2n) is 9.18. The maximum atomic E-state index is 4.30. The van der Waals surface area contributed by atoms with E-state index in [1.54, 1.807) is 24.8 Å². The van der Waals surface area contributed by atoms with Crippen molar-refractivity contribution in [2.75, 3.05) is 45.1 Å². The molecule has 2 aliphatic rings. The van der Waals surface area contributed by atoms with Crippen LogP contribution in [-0.2, 0) is 0 Å². The molecule has 1 saturated carbocycles. The van der Waals surface area contributed by atoms with E-state index in [0.717, 1.165) is 33.8 Å². The van der Waals surface area contributed by atoms with E-state index in [1.165, 1.54) is 64.8 Å². The van der Waals surface area contributed by atoms with E-state index in [9.17, 15) is 0 Å². The summed E-state index contributed by atoms with van der Waals surface area (Å²) in [7, 11) is 2.23. The van der Waals surface area contributed by atoms with E-state index in [2.05, 4.69) is 49.8 Å². The second-order valence-corrected chi connectivity index (χ2v) is 9.18. The number of fused-ring (bicyclic) bond motifs is 1. The van der Waals surface area contributed by atoms with E-state index >= 15 is 0 Å². The Morgan fingerprint density at radius 2 is 1.79 bits per heavy atom. The third kappa shape index (κ3) is 6.83. The van der Waals surface area contributed by atoms with Crippen LogP contribution in [0, 0.1) is 5.92 Å². The molecule has 0 bridgehead atoms. The topological polar surface area (TPSA) is 57.2 Å². The number of pyridine rings is 1. The van der Waals surface area contributed by atoms with E-state index in [-0.39, 0.29) is 0 Å². The summed E-state index contributed by atoms with van der Waals surface area (Å²) in [5.41, 5.74) is 1.90. The minimum Gasteiger partial charge on any atom is -0.347 e. The average Bonchev–Trinajstić information content (AvgIpc) is 2.87. The van der Waals surface area contributed by atoms with Crippen LogP contribution in [0.15, 0.2) is 61.8 Å². The number of hydrogen-bond acceptors (Lipinski definition) is 6. The van der Waals surface area contributed by atoms with E-state index in [0.29, 0.717) is 0 Å². The van der Waals surface area contributed by atoms with Crippen LogP contribution in [0.25, 0.3) is 22.0 Å². The lowest BCUT2D eigenvalue weighted by atomic mass is 9.89. The quantitative estimate of drug-likeness (QED) is 0.594. The van der Waals surface area contributed by atoms with Gasteiger partial charge < -0.3 is 15.1 Å². The van der Waals surface area contributed by atoms with Gasteiger partial charge in [-0.05, 0) is 49.5 Å². The van der Waals surface area contributed by atoms with Gasteiger partial charge >= 0.3 is 0 Å². The van der Waals surface area contributed by atoms with Gasteiger partial charge in [-0.15, -0.1) is 0 Å². The molecular weight excluding hydrogens is 408 g/mol. The lowest BCUT2D eigenvalue weighted by Crippen LogP contribution is -2.46. The van der Waals surface area contributed by atoms with Gasteiger partial charge in [0.25, 0.3) is 0 Å². The zero-order valence-corrected chi connectivity index (χ0v) is 19.8. The lowest BCUT2D eigenvalue weighted by Gasteiger charge is -2.35. The Hall–Kier alpha value is -2.83. The number of nitrogens with one attached hydrogen (secondary N) is 1. The summed E-state index contributed by atoms with van der Waals surface area (Å²) in [6.45, 7) is 10.2. The monoisotopic (exact) mass is 444 g/mol. The van der Waals surface area contributed by atoms with Gasteiger partial charge in [0.2, 0.25) is 0 Å². The summed E-state index contributed by atoms with van der Waals surface area (Å²) in [5.74, 6) is 1.80. The number of anilines is 1. The minimum atomic E-state index is 0.777. The van der Waals surface area contributed by atoms with Crippen molar-refractivity contribution >= 4 is 16.6 Å². The van der Waals surface area contributed by atoms with Crippen LogP contribution in [0.1, 0.15) is 32.1 Å². The van der Waals surface area contributed by atoms with Crippen molar-refractivity contribution in [3.63, 3.8) is 0 Å². The van der Waals surface area contributed by atoms with Crippen molar-refractivity contribution in [1.82, 2.24) is 24.8 Å². The lowest BCUT2D eigenvalue weighted by molar-refractivity contribution is 0.125. The first-order valence-electron chi connectivity index (χ1n) is 12.2. The highest BCUT2D eigenvalue weighted by Gasteiger charge is 2.19. The highest BCUT2D eigenvalue weighted by Crippen LogP contribution is 2.25. The Labute approximate surface area is 197 Å². The Morgan fingerprint density at radius 1 is 0.970 bits per heavy atom. The Bertz CT molecular complexity index is 1010. The fourth-order valence-corrected chi connectivity index (χ4v) is 4.70. The van der Waals surface area contributed by atoms with Crippen molar-refractivity contribution in [2.45, 2.75) is 32.1 Å². The molecule has 0 spiro atoms. The largest absolute Gasteiger partial charge is 0.347 e. The van der Waals surface area contributed by atoms with Gasteiger partial charge in [0, 0.05) is 62.3 Å². The van der Waals surface area contributed by atoms with Crippen molar-refractivity contribution in [3.8, 4) is 11.3 Å². The number of hydrogen-bond donors (Lipinski definition) is 1. The highest BCUT2D eigenvalue weighted by atomic mass is 15.2. The Balaban J connectivity index is 0.000000165. The number of benzene rings is 1. The molecule has 0 amide bonds. The summed E-state index contributed by atoms with van der Waals surface area (Å²) >= 11 is 0. The minimum absolute atomic E-state index is 0.777. The maximum absolute atomic E-state index is 4.30. The average molecular weight is 445 g/mol. The molecular formula is C27H36N6. The third-order valence-corrected chi connectivity index (χ3v) is 6.67. The first-order valence-corrected chi connectivity index (χ1v) is 12.2. The fraction of sp³-hybridized carbons (Fsp3) is 0.444. The number of aromatic nitrogens is 3. The zero-order valence-electron chi connectivity index (χ0n) is 19.8. The van der Waals surface area contributed by atoms with Crippen LogP contribution in [0.5, 0.6) is 0 Å². The Morgan fingerprint density at radius 3 is 2.52 bits per heavy atom. The summed E-state index contributed by atoms with van der Waals surface area (Å²) in [4.78, 5) is 17.8. The third-order valence-electron chi connectivity index (χ3n) is 6.67. The van der Waals surface area contributed by atoms with Crippen LogP contribution >= 0.6 is 0 Å². The van der Waals surface area contributed by atoms with Crippen LogP contribution in [0.2, 0.25) is 0 Å². The SMILES string of the molecule is C=CNc1cc2cc(-c3cnccn3)ccc2cn1.CN1CCN(CC2CCCCC2)CC1. The normalized spacial score (nSPS) is 17.8. The number of nitrogens with zero attached hydrogens (tertiary/aromatic N) is 5. The van der Waals surface area contributed by atoms with Gasteiger partial charge in [0.05, 0.1) is 11.9 Å². The van der Waals surface area contributed by atoms with E-state index in [1.807, 2.05) is 24.4 Å². The fourth-order valence-electron chi connectivity index (χ4n) is 4.70. The molecule has 1 aromatic carbocycles.